The Bertz CT molecular complexity index is 1630. The molecule has 260 valence electrons. The number of carbonyl (C=O) groups excluding carboxylic acids is 2. The summed E-state index contributed by atoms with van der Waals surface area (Å²) in [6.45, 7) is -1.60. The van der Waals surface area contributed by atoms with Crippen molar-refractivity contribution >= 4 is 27.4 Å². The molecule has 15 heteroatoms. The van der Waals surface area contributed by atoms with Gasteiger partial charge in [0.25, 0.3) is 5.91 Å². The van der Waals surface area contributed by atoms with Crippen molar-refractivity contribution < 1.29 is 54.2 Å². The second-order valence-corrected chi connectivity index (χ2v) is 13.3. The van der Waals surface area contributed by atoms with Crippen LogP contribution < -0.4 is 15.0 Å². The number of hydrogen-bond acceptors (Lipinski definition) is 8. The molecule has 0 saturated carbocycles. The standard InChI is InChI=1S/C33H35F5N2O7S/c1-3-48(43,44)28-14-6-21(7-15-28)29(16-17-30(41)45-2)39-31(42)22-4-10-24(11-5-22)40-19-27(18-25(40)20-46-32(34)35)47-26-12-8-23(9-13-26)33(36,37)38/h4-15,25,27,29,32H,3,16-20H2,1-2H3,(H,39,42)/t25-,27-,29-/m0/s1. The lowest BCUT2D eigenvalue weighted by atomic mass is 10.0. The smallest absolute Gasteiger partial charge is 0.416 e. The maximum absolute atomic E-state index is 13.3. The van der Waals surface area contributed by atoms with E-state index in [0.29, 0.717) is 11.3 Å². The monoisotopic (exact) mass is 698 g/mol. The van der Waals surface area contributed by atoms with Gasteiger partial charge in [0, 0.05) is 24.1 Å². The van der Waals surface area contributed by atoms with Gasteiger partial charge < -0.3 is 24.4 Å². The predicted octanol–water partition coefficient (Wildman–Crippen LogP) is 6.19. The van der Waals surface area contributed by atoms with Gasteiger partial charge in [-0.15, -0.1) is 0 Å². The highest BCUT2D eigenvalue weighted by Crippen LogP contribution is 2.33. The number of rotatable bonds is 14. The van der Waals surface area contributed by atoms with Crippen LogP contribution in [-0.4, -0.2) is 65.1 Å². The number of hydrogen-bond donors (Lipinski definition) is 1. The van der Waals surface area contributed by atoms with Gasteiger partial charge in [-0.2, -0.15) is 22.0 Å². The zero-order chi connectivity index (χ0) is 35.1. The predicted molar refractivity (Wildman–Crippen MR) is 166 cm³/mol. The average Bonchev–Trinajstić information content (AvgIpc) is 3.47. The number of esters is 1. The van der Waals surface area contributed by atoms with E-state index in [1.54, 1.807) is 29.2 Å². The van der Waals surface area contributed by atoms with Crippen molar-refractivity contribution in [3.05, 3.63) is 89.5 Å². The number of methoxy groups -OCH3 is 1. The second-order valence-electron chi connectivity index (χ2n) is 11.1. The largest absolute Gasteiger partial charge is 0.489 e. The van der Waals surface area contributed by atoms with E-state index in [9.17, 15) is 40.0 Å². The van der Waals surface area contributed by atoms with Crippen LogP contribution in [0.1, 0.15) is 53.7 Å². The minimum absolute atomic E-state index is 0.0118. The number of ether oxygens (including phenoxy) is 3. The first-order chi connectivity index (χ1) is 22.7. The van der Waals surface area contributed by atoms with Gasteiger partial charge in [0.1, 0.15) is 11.9 Å². The maximum atomic E-state index is 13.3. The summed E-state index contributed by atoms with van der Waals surface area (Å²) in [4.78, 5) is 27.1. The molecule has 1 fully saturated rings. The van der Waals surface area contributed by atoms with E-state index >= 15 is 0 Å². The van der Waals surface area contributed by atoms with E-state index in [0.717, 1.165) is 12.1 Å². The normalized spacial score (nSPS) is 17.3. The van der Waals surface area contributed by atoms with E-state index in [-0.39, 0.29) is 54.4 Å². The second kappa shape index (κ2) is 15.8. The summed E-state index contributed by atoms with van der Waals surface area (Å²) in [6.07, 6.45) is -4.64. The molecule has 4 rings (SSSR count). The van der Waals surface area contributed by atoms with Gasteiger partial charge in [-0.25, -0.2) is 8.42 Å². The van der Waals surface area contributed by atoms with Gasteiger partial charge in [-0.05, 0) is 72.6 Å². The third-order valence-electron chi connectivity index (χ3n) is 7.93. The highest BCUT2D eigenvalue weighted by atomic mass is 32.2. The van der Waals surface area contributed by atoms with Gasteiger partial charge in [0.2, 0.25) is 0 Å². The first-order valence-electron chi connectivity index (χ1n) is 15.0. The average molecular weight is 699 g/mol. The Hall–Kier alpha value is -4.24. The van der Waals surface area contributed by atoms with E-state index in [1.807, 2.05) is 0 Å². The molecule has 9 nitrogen and oxygen atoms in total. The molecule has 1 heterocycles. The van der Waals surface area contributed by atoms with Crippen molar-refractivity contribution in [3.63, 3.8) is 0 Å². The van der Waals surface area contributed by atoms with Gasteiger partial charge in [0.05, 0.1) is 48.6 Å². The first-order valence-corrected chi connectivity index (χ1v) is 16.7. The number of sulfone groups is 1. The van der Waals surface area contributed by atoms with Crippen LogP contribution >= 0.6 is 0 Å². The minimum atomic E-state index is -4.50. The Morgan fingerprint density at radius 3 is 2.19 bits per heavy atom. The molecule has 1 amide bonds. The lowest BCUT2D eigenvalue weighted by molar-refractivity contribution is -0.141. The molecule has 1 N–H and O–H groups in total. The molecule has 3 aromatic carbocycles. The van der Waals surface area contributed by atoms with Crippen LogP contribution in [0.2, 0.25) is 0 Å². The van der Waals surface area contributed by atoms with Crippen molar-refractivity contribution in [1.82, 2.24) is 5.32 Å². The van der Waals surface area contributed by atoms with Crippen LogP contribution in [0.15, 0.2) is 77.7 Å². The highest BCUT2D eigenvalue weighted by molar-refractivity contribution is 7.91. The van der Waals surface area contributed by atoms with Crippen LogP contribution in [0.3, 0.4) is 0 Å². The van der Waals surface area contributed by atoms with E-state index in [1.165, 1.54) is 50.4 Å². The Morgan fingerprint density at radius 2 is 1.62 bits per heavy atom. The number of carbonyl (C=O) groups is 2. The summed E-state index contributed by atoms with van der Waals surface area (Å²) in [6, 6.07) is 15.3. The third kappa shape index (κ3) is 9.66. The Labute approximate surface area is 274 Å². The molecule has 0 aliphatic carbocycles. The first kappa shape index (κ1) is 36.6. The van der Waals surface area contributed by atoms with Crippen LogP contribution in [-0.2, 0) is 30.3 Å². The Balaban J connectivity index is 1.48. The summed E-state index contributed by atoms with van der Waals surface area (Å²) < 4.78 is 104. The van der Waals surface area contributed by atoms with Crippen molar-refractivity contribution in [2.75, 3.05) is 30.9 Å². The Morgan fingerprint density at radius 1 is 0.979 bits per heavy atom. The van der Waals surface area contributed by atoms with Crippen molar-refractivity contribution in [1.29, 1.82) is 0 Å². The van der Waals surface area contributed by atoms with Crippen molar-refractivity contribution in [2.45, 2.75) is 62.1 Å². The fourth-order valence-corrected chi connectivity index (χ4v) is 6.22. The molecule has 3 aromatic rings. The summed E-state index contributed by atoms with van der Waals surface area (Å²) in [5, 5.41) is 2.88. The van der Waals surface area contributed by atoms with Crippen LogP contribution in [0.25, 0.3) is 0 Å². The maximum Gasteiger partial charge on any atom is 0.416 e. The number of anilines is 1. The molecule has 0 aromatic heterocycles. The van der Waals surface area contributed by atoms with Gasteiger partial charge in [0.15, 0.2) is 9.84 Å². The summed E-state index contributed by atoms with van der Waals surface area (Å²) in [5.41, 5.74) is 0.578. The van der Waals surface area contributed by atoms with Gasteiger partial charge in [-0.3, -0.25) is 9.59 Å². The molecule has 3 atom stereocenters. The van der Waals surface area contributed by atoms with Gasteiger partial charge >= 0.3 is 18.8 Å². The Kier molecular flexibility index (Phi) is 12.0. The SMILES string of the molecule is CCS(=O)(=O)c1ccc([C@H](CCC(=O)OC)NC(=O)c2ccc(N3C[C@@H](Oc4ccc(C(F)(F)F)cc4)C[C@H]3COC(F)F)cc2)cc1. The number of nitrogens with zero attached hydrogens (tertiary/aromatic N) is 1. The molecule has 0 bridgehead atoms. The van der Waals surface area contributed by atoms with E-state index in [4.69, 9.17) is 9.47 Å². The number of amides is 1. The van der Waals surface area contributed by atoms with Gasteiger partial charge in [-0.1, -0.05) is 19.1 Å². The zero-order valence-corrected chi connectivity index (χ0v) is 26.9. The topological polar surface area (TPSA) is 111 Å². The molecule has 0 radical (unpaired) electrons. The summed E-state index contributed by atoms with van der Waals surface area (Å²) >= 11 is 0. The highest BCUT2D eigenvalue weighted by Gasteiger charge is 2.35. The lowest BCUT2D eigenvalue weighted by Gasteiger charge is -2.26. The van der Waals surface area contributed by atoms with Crippen LogP contribution in [0.5, 0.6) is 5.75 Å². The molecule has 0 spiro atoms. The van der Waals surface area contributed by atoms with E-state index < -0.39 is 58.3 Å². The third-order valence-corrected chi connectivity index (χ3v) is 9.68. The fraction of sp³-hybridized carbons (Fsp3) is 0.394. The zero-order valence-electron chi connectivity index (χ0n) is 26.1. The molecule has 1 saturated heterocycles. The molecule has 0 unspecified atom stereocenters. The van der Waals surface area contributed by atoms with Crippen LogP contribution in [0, 0.1) is 0 Å². The minimum Gasteiger partial charge on any atom is -0.489 e. The fourth-order valence-electron chi connectivity index (χ4n) is 5.34. The molecular weight excluding hydrogens is 663 g/mol. The molecule has 1 aliphatic rings. The molecule has 1 aliphatic heterocycles. The number of halogens is 5. The van der Waals surface area contributed by atoms with Crippen molar-refractivity contribution in [2.24, 2.45) is 0 Å². The van der Waals surface area contributed by atoms with E-state index in [2.05, 4.69) is 10.1 Å². The summed E-state index contributed by atoms with van der Waals surface area (Å²) in [7, 11) is -2.20. The van der Waals surface area contributed by atoms with Crippen molar-refractivity contribution in [3.8, 4) is 5.75 Å². The number of nitrogens with one attached hydrogen (secondary N) is 1. The summed E-state index contributed by atoms with van der Waals surface area (Å²) in [5.74, 6) is -0.849. The molecule has 48 heavy (non-hydrogen) atoms. The quantitative estimate of drug-likeness (QED) is 0.157. The number of alkyl halides is 5. The molecular formula is C33H35F5N2O7S. The lowest BCUT2D eigenvalue weighted by Crippen LogP contribution is -2.34. The van der Waals surface area contributed by atoms with Crippen LogP contribution in [0.4, 0.5) is 27.6 Å². The number of benzene rings is 3.